The van der Waals surface area contributed by atoms with Gasteiger partial charge in [-0.2, -0.15) is 0 Å². The average Bonchev–Trinajstić information content (AvgIpc) is 3.51. The van der Waals surface area contributed by atoms with Crippen LogP contribution in [0.15, 0.2) is 90.0 Å². The van der Waals surface area contributed by atoms with E-state index in [4.69, 9.17) is 0 Å². The van der Waals surface area contributed by atoms with Crippen LogP contribution >= 0.6 is 0 Å². The largest absolute Gasteiger partial charge is 0.371 e. The quantitative estimate of drug-likeness (QED) is 0.392. The summed E-state index contributed by atoms with van der Waals surface area (Å²) in [6.45, 7) is 2.45. The fourth-order valence-corrected chi connectivity index (χ4v) is 6.27. The number of benzene rings is 3. The molecule has 3 amide bonds. The average molecular weight is 559 g/mol. The summed E-state index contributed by atoms with van der Waals surface area (Å²) in [5, 5.41) is 6.12. The molecule has 2 fully saturated rings. The standard InChI is InChI=1S/C35H34N4O3/c40-33(36-27-15-16-27)25-21-24-17-20-39(32-10-4-1-7-28(32)30(24)22-25)35(42)23-11-13-26(14-12-23)37-34(41)29-8-2-3-9-31(29)38-18-5-6-19-38/h1-4,7-14,21,27H,5-6,15-20,22H2,(H,36,40)(H,37,41). The van der Waals surface area contributed by atoms with Crippen LogP contribution in [0.2, 0.25) is 0 Å². The molecule has 2 N–H and O–H groups in total. The van der Waals surface area contributed by atoms with Crippen LogP contribution in [-0.2, 0) is 4.79 Å². The molecule has 2 aliphatic heterocycles. The summed E-state index contributed by atoms with van der Waals surface area (Å²) in [6, 6.07) is 23.2. The maximum Gasteiger partial charge on any atom is 0.258 e. The summed E-state index contributed by atoms with van der Waals surface area (Å²) in [4.78, 5) is 43.9. The van der Waals surface area contributed by atoms with E-state index in [2.05, 4.69) is 15.5 Å². The van der Waals surface area contributed by atoms with Gasteiger partial charge >= 0.3 is 0 Å². The first-order valence-corrected chi connectivity index (χ1v) is 15.0. The maximum atomic E-state index is 13.8. The predicted octanol–water partition coefficient (Wildman–Crippen LogP) is 5.95. The zero-order valence-electron chi connectivity index (χ0n) is 23.6. The first-order chi connectivity index (χ1) is 20.5. The Kier molecular flexibility index (Phi) is 6.86. The molecule has 3 aromatic carbocycles. The van der Waals surface area contributed by atoms with Crippen molar-refractivity contribution >= 4 is 40.4 Å². The molecule has 0 radical (unpaired) electrons. The van der Waals surface area contributed by atoms with Gasteiger partial charge in [-0.15, -0.1) is 0 Å². The number of carbonyl (C=O) groups excluding carboxylic acids is 3. The third-order valence-electron chi connectivity index (χ3n) is 8.66. The SMILES string of the molecule is O=C(NC1CC1)C1=CC2=C(C1)c1ccccc1N(C(=O)c1ccc(NC(=O)c3ccccc3N3CCCC3)cc1)CC2. The Bertz CT molecular complexity index is 1630. The Morgan fingerprint density at radius 1 is 0.762 bits per heavy atom. The van der Waals surface area contributed by atoms with Crippen molar-refractivity contribution in [1.29, 1.82) is 0 Å². The van der Waals surface area contributed by atoms with Gasteiger partial charge < -0.3 is 20.4 Å². The maximum absolute atomic E-state index is 13.8. The van der Waals surface area contributed by atoms with Crippen LogP contribution in [0, 0.1) is 0 Å². The van der Waals surface area contributed by atoms with Gasteiger partial charge in [-0.25, -0.2) is 0 Å². The second-order valence-electron chi connectivity index (χ2n) is 11.6. The fourth-order valence-electron chi connectivity index (χ4n) is 6.27. The van der Waals surface area contributed by atoms with Gasteiger partial charge in [0.2, 0.25) is 5.91 Å². The number of anilines is 3. The molecular weight excluding hydrogens is 524 g/mol. The third kappa shape index (κ3) is 5.11. The van der Waals surface area contributed by atoms with Crippen molar-refractivity contribution in [3.63, 3.8) is 0 Å². The normalized spacial score (nSPS) is 17.8. The number of allylic oxidation sites excluding steroid dienone is 2. The number of amides is 3. The molecule has 2 aliphatic carbocycles. The molecule has 7 heteroatoms. The number of carbonyl (C=O) groups is 3. The summed E-state index contributed by atoms with van der Waals surface area (Å²) in [6.07, 6.45) is 7.69. The van der Waals surface area contributed by atoms with Crippen molar-refractivity contribution < 1.29 is 14.4 Å². The highest BCUT2D eigenvalue weighted by Crippen LogP contribution is 2.42. The first kappa shape index (κ1) is 26.3. The van der Waals surface area contributed by atoms with E-state index in [1.807, 2.05) is 59.5 Å². The predicted molar refractivity (Wildman–Crippen MR) is 166 cm³/mol. The zero-order valence-corrected chi connectivity index (χ0v) is 23.6. The molecule has 7 rings (SSSR count). The van der Waals surface area contributed by atoms with E-state index < -0.39 is 0 Å². The topological polar surface area (TPSA) is 81.8 Å². The third-order valence-corrected chi connectivity index (χ3v) is 8.66. The number of para-hydroxylation sites is 2. The molecule has 1 saturated carbocycles. The number of rotatable bonds is 6. The molecule has 4 aliphatic rings. The lowest BCUT2D eigenvalue weighted by atomic mass is 9.98. The zero-order chi connectivity index (χ0) is 28.6. The van der Waals surface area contributed by atoms with Crippen molar-refractivity contribution in [1.82, 2.24) is 5.32 Å². The number of hydrogen-bond acceptors (Lipinski definition) is 4. The first-order valence-electron chi connectivity index (χ1n) is 15.0. The molecule has 1 saturated heterocycles. The van der Waals surface area contributed by atoms with E-state index in [-0.39, 0.29) is 17.7 Å². The van der Waals surface area contributed by atoms with Crippen molar-refractivity contribution in [3.05, 3.63) is 107 Å². The van der Waals surface area contributed by atoms with E-state index in [0.29, 0.717) is 42.2 Å². The van der Waals surface area contributed by atoms with Crippen LogP contribution in [0.1, 0.15) is 64.8 Å². The number of nitrogens with one attached hydrogen (secondary N) is 2. The molecule has 3 aromatic rings. The number of hydrogen-bond donors (Lipinski definition) is 2. The lowest BCUT2D eigenvalue weighted by Crippen LogP contribution is -2.32. The molecule has 0 atom stereocenters. The highest BCUT2D eigenvalue weighted by molar-refractivity contribution is 6.10. The van der Waals surface area contributed by atoms with Crippen molar-refractivity contribution in [2.45, 2.75) is 44.6 Å². The Hall–Kier alpha value is -4.65. The van der Waals surface area contributed by atoms with Gasteiger partial charge in [-0.05, 0) is 91.8 Å². The van der Waals surface area contributed by atoms with Crippen LogP contribution < -0.4 is 20.4 Å². The van der Waals surface area contributed by atoms with Crippen molar-refractivity contribution in [2.75, 3.05) is 34.8 Å². The van der Waals surface area contributed by atoms with Gasteiger partial charge in [0.05, 0.1) is 11.3 Å². The Morgan fingerprint density at radius 3 is 2.24 bits per heavy atom. The minimum Gasteiger partial charge on any atom is -0.371 e. The summed E-state index contributed by atoms with van der Waals surface area (Å²) >= 11 is 0. The van der Waals surface area contributed by atoms with Gasteiger partial charge in [0.1, 0.15) is 0 Å². The molecule has 42 heavy (non-hydrogen) atoms. The molecule has 7 nitrogen and oxygen atoms in total. The highest BCUT2D eigenvalue weighted by atomic mass is 16.2. The van der Waals surface area contributed by atoms with Crippen LogP contribution in [0.4, 0.5) is 17.1 Å². The summed E-state index contributed by atoms with van der Waals surface area (Å²) in [5.41, 5.74) is 7.76. The number of nitrogens with zero attached hydrogens (tertiary/aromatic N) is 2. The monoisotopic (exact) mass is 558 g/mol. The molecule has 0 spiro atoms. The fraction of sp³-hybridized carbons (Fsp3) is 0.286. The lowest BCUT2D eigenvalue weighted by Gasteiger charge is -2.24. The second kappa shape index (κ2) is 11.0. The Balaban J connectivity index is 1.07. The molecule has 0 bridgehead atoms. The van der Waals surface area contributed by atoms with E-state index in [1.54, 1.807) is 24.3 Å². The van der Waals surface area contributed by atoms with Gasteiger partial charge in [-0.1, -0.05) is 30.3 Å². The summed E-state index contributed by atoms with van der Waals surface area (Å²) < 4.78 is 0. The van der Waals surface area contributed by atoms with Crippen LogP contribution in [0.25, 0.3) is 5.57 Å². The Labute approximate surface area is 245 Å². The summed E-state index contributed by atoms with van der Waals surface area (Å²) in [5.74, 6) is -0.212. The van der Waals surface area contributed by atoms with E-state index in [9.17, 15) is 14.4 Å². The minimum absolute atomic E-state index is 0.0303. The molecular formula is C35H34N4O3. The smallest absolute Gasteiger partial charge is 0.258 e. The van der Waals surface area contributed by atoms with Gasteiger partial charge in [0.15, 0.2) is 0 Å². The number of fused-ring (bicyclic) bond motifs is 2. The molecule has 212 valence electrons. The van der Waals surface area contributed by atoms with Crippen LogP contribution in [-0.4, -0.2) is 43.4 Å². The van der Waals surface area contributed by atoms with Crippen molar-refractivity contribution in [2.24, 2.45) is 0 Å². The van der Waals surface area contributed by atoms with Crippen LogP contribution in [0.3, 0.4) is 0 Å². The molecule has 0 aromatic heterocycles. The van der Waals surface area contributed by atoms with E-state index in [1.165, 1.54) is 0 Å². The molecule has 2 heterocycles. The van der Waals surface area contributed by atoms with Gasteiger partial charge in [0.25, 0.3) is 11.8 Å². The lowest BCUT2D eigenvalue weighted by molar-refractivity contribution is -0.117. The second-order valence-corrected chi connectivity index (χ2v) is 11.6. The Morgan fingerprint density at radius 2 is 1.48 bits per heavy atom. The summed E-state index contributed by atoms with van der Waals surface area (Å²) in [7, 11) is 0. The van der Waals surface area contributed by atoms with E-state index >= 15 is 0 Å². The highest BCUT2D eigenvalue weighted by Gasteiger charge is 2.32. The minimum atomic E-state index is -0.156. The molecule has 0 unspecified atom stereocenters. The van der Waals surface area contributed by atoms with Crippen molar-refractivity contribution in [3.8, 4) is 0 Å². The van der Waals surface area contributed by atoms with Crippen LogP contribution in [0.5, 0.6) is 0 Å². The van der Waals surface area contributed by atoms with Gasteiger partial charge in [0, 0.05) is 60.2 Å². The van der Waals surface area contributed by atoms with E-state index in [0.717, 1.165) is 72.4 Å². The van der Waals surface area contributed by atoms with Gasteiger partial charge in [-0.3, -0.25) is 14.4 Å².